The summed E-state index contributed by atoms with van der Waals surface area (Å²) in [6.45, 7) is 1.43. The molecule has 1 aromatic carbocycles. The Kier molecular flexibility index (Phi) is 3.40. The number of carboxylic acid groups (broad SMARTS) is 2. The molecule has 0 saturated heterocycles. The van der Waals surface area contributed by atoms with E-state index in [1.54, 1.807) is 0 Å². The van der Waals surface area contributed by atoms with E-state index >= 15 is 0 Å². The first-order chi connectivity index (χ1) is 9.82. The van der Waals surface area contributed by atoms with Crippen LogP contribution < -0.4 is 0 Å². The van der Waals surface area contributed by atoms with Crippen LogP contribution >= 0.6 is 0 Å². The average Bonchev–Trinajstić information content (AvgIpc) is 2.83. The summed E-state index contributed by atoms with van der Waals surface area (Å²) in [6.07, 6.45) is 0. The molecule has 2 aromatic rings. The van der Waals surface area contributed by atoms with E-state index in [9.17, 15) is 19.7 Å². The van der Waals surface area contributed by atoms with Gasteiger partial charge in [-0.3, -0.25) is 10.1 Å². The van der Waals surface area contributed by atoms with Gasteiger partial charge in [0.05, 0.1) is 4.92 Å². The van der Waals surface area contributed by atoms with Crippen LogP contribution in [0.4, 0.5) is 5.69 Å². The second-order valence-corrected chi connectivity index (χ2v) is 4.01. The number of aromatic carboxylic acids is 2. The minimum Gasteiger partial charge on any atom is -0.476 e. The second kappa shape index (κ2) is 5.04. The van der Waals surface area contributed by atoms with Crippen molar-refractivity contribution in [3.05, 3.63) is 45.3 Å². The predicted molar refractivity (Wildman–Crippen MR) is 67.2 cm³/mol. The van der Waals surface area contributed by atoms with E-state index in [2.05, 4.69) is 4.98 Å². The predicted octanol–water partition coefficient (Wildman–Crippen LogP) is 1.95. The Morgan fingerprint density at radius 2 is 1.95 bits per heavy atom. The zero-order valence-corrected chi connectivity index (χ0v) is 10.6. The standard InChI is InChI=1S/C12H8N2O7/c1-5-6(3-2-4-7(5)14(19)20)10-13-8(11(15)16)9(21-10)12(17)18/h2-4H,1H3,(H,15,16)(H,17,18). The lowest BCUT2D eigenvalue weighted by molar-refractivity contribution is -0.385. The van der Waals surface area contributed by atoms with E-state index in [-0.39, 0.29) is 22.7 Å². The van der Waals surface area contributed by atoms with Crippen molar-refractivity contribution in [1.82, 2.24) is 4.98 Å². The van der Waals surface area contributed by atoms with Gasteiger partial charge in [-0.15, -0.1) is 0 Å². The Morgan fingerprint density at radius 1 is 1.29 bits per heavy atom. The molecule has 2 N–H and O–H groups in total. The van der Waals surface area contributed by atoms with Crippen LogP contribution in [0.2, 0.25) is 0 Å². The summed E-state index contributed by atoms with van der Waals surface area (Å²) >= 11 is 0. The number of benzene rings is 1. The topological polar surface area (TPSA) is 144 Å². The van der Waals surface area contributed by atoms with Crippen LogP contribution in [-0.4, -0.2) is 32.1 Å². The van der Waals surface area contributed by atoms with Crippen LogP contribution in [0.25, 0.3) is 11.5 Å². The molecule has 0 aliphatic carbocycles. The molecule has 0 radical (unpaired) electrons. The van der Waals surface area contributed by atoms with Crippen molar-refractivity contribution in [3.8, 4) is 11.5 Å². The number of carboxylic acids is 2. The van der Waals surface area contributed by atoms with E-state index in [0.717, 1.165) is 0 Å². The summed E-state index contributed by atoms with van der Waals surface area (Å²) in [4.78, 5) is 35.7. The van der Waals surface area contributed by atoms with Crippen molar-refractivity contribution in [3.63, 3.8) is 0 Å². The van der Waals surface area contributed by atoms with E-state index in [1.165, 1.54) is 25.1 Å². The number of oxazole rings is 1. The SMILES string of the molecule is Cc1c(-c2nc(C(=O)O)c(C(=O)O)o2)cccc1[N+](=O)[O-]. The summed E-state index contributed by atoms with van der Waals surface area (Å²) < 4.78 is 4.93. The normalized spacial score (nSPS) is 10.3. The molecule has 0 saturated carbocycles. The van der Waals surface area contributed by atoms with Gasteiger partial charge < -0.3 is 14.6 Å². The third kappa shape index (κ3) is 2.43. The van der Waals surface area contributed by atoms with Gasteiger partial charge in [0.25, 0.3) is 5.69 Å². The molecule has 108 valence electrons. The Labute approximate surface area is 116 Å². The van der Waals surface area contributed by atoms with Gasteiger partial charge in [-0.2, -0.15) is 0 Å². The number of carbonyl (C=O) groups is 2. The Hall–Kier alpha value is -3.23. The Balaban J connectivity index is 2.66. The van der Waals surface area contributed by atoms with Gasteiger partial charge in [-0.1, -0.05) is 6.07 Å². The minimum atomic E-state index is -1.59. The van der Waals surface area contributed by atoms with Gasteiger partial charge >= 0.3 is 11.9 Å². The molecule has 0 spiro atoms. The lowest BCUT2D eigenvalue weighted by Crippen LogP contribution is -2.05. The second-order valence-electron chi connectivity index (χ2n) is 4.01. The first-order valence-corrected chi connectivity index (χ1v) is 5.54. The van der Waals surface area contributed by atoms with Crippen LogP contribution in [0.3, 0.4) is 0 Å². The third-order valence-electron chi connectivity index (χ3n) is 2.76. The maximum absolute atomic E-state index is 10.9. The molecule has 1 aromatic heterocycles. The molecule has 9 heteroatoms. The Bertz CT molecular complexity index is 731. The largest absolute Gasteiger partial charge is 0.476 e. The first kappa shape index (κ1) is 14.2. The highest BCUT2D eigenvalue weighted by Crippen LogP contribution is 2.30. The number of nitrogens with zero attached hydrogens (tertiary/aromatic N) is 2. The first-order valence-electron chi connectivity index (χ1n) is 5.54. The molecule has 0 aliphatic heterocycles. The highest BCUT2D eigenvalue weighted by molar-refractivity contribution is 5.98. The highest BCUT2D eigenvalue weighted by atomic mass is 16.6. The molecule has 0 atom stereocenters. The van der Waals surface area contributed by atoms with Gasteiger partial charge in [0.2, 0.25) is 17.3 Å². The van der Waals surface area contributed by atoms with Gasteiger partial charge in [-0.05, 0) is 13.0 Å². The number of rotatable bonds is 4. The summed E-state index contributed by atoms with van der Waals surface area (Å²) in [5.41, 5.74) is -0.625. The Morgan fingerprint density at radius 3 is 2.43 bits per heavy atom. The molecular weight excluding hydrogens is 284 g/mol. The van der Waals surface area contributed by atoms with Crippen LogP contribution in [0.5, 0.6) is 0 Å². The van der Waals surface area contributed by atoms with Crippen molar-refractivity contribution in [2.75, 3.05) is 0 Å². The molecule has 2 rings (SSSR count). The number of nitro benzene ring substituents is 1. The molecular formula is C12H8N2O7. The molecule has 0 aliphatic rings. The fourth-order valence-electron chi connectivity index (χ4n) is 1.78. The van der Waals surface area contributed by atoms with Crippen molar-refractivity contribution in [2.24, 2.45) is 0 Å². The van der Waals surface area contributed by atoms with Gasteiger partial charge in [-0.25, -0.2) is 14.6 Å². The quantitative estimate of drug-likeness (QED) is 0.642. The van der Waals surface area contributed by atoms with Gasteiger partial charge in [0.1, 0.15) is 0 Å². The third-order valence-corrected chi connectivity index (χ3v) is 2.76. The van der Waals surface area contributed by atoms with Gasteiger partial charge in [0.15, 0.2) is 0 Å². The van der Waals surface area contributed by atoms with Crippen LogP contribution in [-0.2, 0) is 0 Å². The van der Waals surface area contributed by atoms with E-state index < -0.39 is 28.3 Å². The molecule has 0 amide bonds. The number of aromatic nitrogens is 1. The summed E-state index contributed by atoms with van der Waals surface area (Å²) in [5, 5.41) is 28.6. The van der Waals surface area contributed by atoms with Gasteiger partial charge in [0, 0.05) is 17.2 Å². The van der Waals surface area contributed by atoms with Crippen molar-refractivity contribution >= 4 is 17.6 Å². The highest BCUT2D eigenvalue weighted by Gasteiger charge is 2.27. The molecule has 0 unspecified atom stereocenters. The molecule has 0 bridgehead atoms. The maximum Gasteiger partial charge on any atom is 0.374 e. The zero-order valence-electron chi connectivity index (χ0n) is 10.6. The fraction of sp³-hybridized carbons (Fsp3) is 0.0833. The molecule has 0 fully saturated rings. The monoisotopic (exact) mass is 292 g/mol. The zero-order chi connectivity index (χ0) is 15.7. The van der Waals surface area contributed by atoms with Crippen LogP contribution in [0, 0.1) is 17.0 Å². The van der Waals surface area contributed by atoms with E-state index in [0.29, 0.717) is 0 Å². The molecule has 9 nitrogen and oxygen atoms in total. The van der Waals surface area contributed by atoms with Crippen molar-refractivity contribution in [2.45, 2.75) is 6.92 Å². The minimum absolute atomic E-state index is 0.152. The van der Waals surface area contributed by atoms with E-state index in [4.69, 9.17) is 14.6 Å². The van der Waals surface area contributed by atoms with E-state index in [1.807, 2.05) is 0 Å². The smallest absolute Gasteiger partial charge is 0.374 e. The summed E-state index contributed by atoms with van der Waals surface area (Å²) in [7, 11) is 0. The van der Waals surface area contributed by atoms with Crippen LogP contribution in [0.15, 0.2) is 22.6 Å². The van der Waals surface area contributed by atoms with Crippen LogP contribution in [0.1, 0.15) is 26.6 Å². The summed E-state index contributed by atoms with van der Waals surface area (Å²) in [6, 6.07) is 4.05. The number of hydrogen-bond donors (Lipinski definition) is 2. The number of nitro groups is 1. The summed E-state index contributed by atoms with van der Waals surface area (Å²) in [5.74, 6) is -4.28. The maximum atomic E-state index is 10.9. The van der Waals surface area contributed by atoms with Crippen molar-refractivity contribution < 1.29 is 29.1 Å². The molecule has 1 heterocycles. The lowest BCUT2D eigenvalue weighted by atomic mass is 10.1. The lowest BCUT2D eigenvalue weighted by Gasteiger charge is -2.01. The molecule has 21 heavy (non-hydrogen) atoms. The number of hydrogen-bond acceptors (Lipinski definition) is 6. The van der Waals surface area contributed by atoms with Crippen molar-refractivity contribution in [1.29, 1.82) is 0 Å². The average molecular weight is 292 g/mol. The fourth-order valence-corrected chi connectivity index (χ4v) is 1.78.